The standard InChI is InChI=1S/C15H17N3/c1-16-11-14-8-5-9-15(10-14)18-17-12-13-6-3-2-4-7-13/h2-10,12,16,18H,11H2,1H3/b17-12+. The Bertz CT molecular complexity index is 506. The average Bonchev–Trinajstić information content (AvgIpc) is 2.41. The van der Waals surface area contributed by atoms with Gasteiger partial charge in [0.05, 0.1) is 11.9 Å². The number of hydrogen-bond donors (Lipinski definition) is 2. The summed E-state index contributed by atoms with van der Waals surface area (Å²) in [7, 11) is 1.94. The van der Waals surface area contributed by atoms with Crippen molar-refractivity contribution in [2.75, 3.05) is 12.5 Å². The summed E-state index contributed by atoms with van der Waals surface area (Å²) >= 11 is 0. The molecule has 0 saturated heterocycles. The van der Waals surface area contributed by atoms with Crippen LogP contribution in [0, 0.1) is 0 Å². The van der Waals surface area contributed by atoms with Crippen LogP contribution in [0.3, 0.4) is 0 Å². The van der Waals surface area contributed by atoms with Crippen LogP contribution in [0.25, 0.3) is 0 Å². The van der Waals surface area contributed by atoms with Gasteiger partial charge in [0.15, 0.2) is 0 Å². The van der Waals surface area contributed by atoms with E-state index in [9.17, 15) is 0 Å². The van der Waals surface area contributed by atoms with Crippen molar-refractivity contribution in [3.05, 3.63) is 65.7 Å². The van der Waals surface area contributed by atoms with Crippen LogP contribution in [0.5, 0.6) is 0 Å². The van der Waals surface area contributed by atoms with Crippen molar-refractivity contribution in [3.63, 3.8) is 0 Å². The van der Waals surface area contributed by atoms with Crippen LogP contribution in [0.4, 0.5) is 5.69 Å². The summed E-state index contributed by atoms with van der Waals surface area (Å²) in [5, 5.41) is 7.34. The smallest absolute Gasteiger partial charge is 0.0565 e. The molecule has 0 fully saturated rings. The number of benzene rings is 2. The predicted molar refractivity (Wildman–Crippen MR) is 76.9 cm³/mol. The highest BCUT2D eigenvalue weighted by Gasteiger charge is 1.93. The molecule has 0 spiro atoms. The second-order valence-electron chi connectivity index (χ2n) is 4.01. The SMILES string of the molecule is CNCc1cccc(N/N=C/c2ccccc2)c1. The molecule has 18 heavy (non-hydrogen) atoms. The van der Waals surface area contributed by atoms with E-state index in [1.807, 2.05) is 55.7 Å². The Kier molecular flexibility index (Phi) is 4.50. The molecule has 0 aliphatic heterocycles. The second-order valence-corrected chi connectivity index (χ2v) is 4.01. The van der Waals surface area contributed by atoms with Gasteiger partial charge in [-0.2, -0.15) is 5.10 Å². The van der Waals surface area contributed by atoms with Crippen LogP contribution >= 0.6 is 0 Å². The lowest BCUT2D eigenvalue weighted by Gasteiger charge is -2.03. The van der Waals surface area contributed by atoms with Crippen LogP contribution in [-0.2, 0) is 6.54 Å². The summed E-state index contributed by atoms with van der Waals surface area (Å²) in [6, 6.07) is 18.2. The monoisotopic (exact) mass is 239 g/mol. The minimum Gasteiger partial charge on any atom is -0.316 e. The normalized spacial score (nSPS) is 10.7. The maximum Gasteiger partial charge on any atom is 0.0565 e. The Morgan fingerprint density at radius 3 is 2.67 bits per heavy atom. The first-order valence-electron chi connectivity index (χ1n) is 5.96. The fourth-order valence-corrected chi connectivity index (χ4v) is 1.68. The fourth-order valence-electron chi connectivity index (χ4n) is 1.68. The first-order valence-corrected chi connectivity index (χ1v) is 5.96. The number of nitrogens with one attached hydrogen (secondary N) is 2. The van der Waals surface area contributed by atoms with Crippen molar-refractivity contribution >= 4 is 11.9 Å². The van der Waals surface area contributed by atoms with Crippen molar-refractivity contribution in [2.45, 2.75) is 6.54 Å². The zero-order valence-electron chi connectivity index (χ0n) is 10.4. The molecule has 0 aliphatic carbocycles. The molecule has 2 aromatic rings. The Balaban J connectivity index is 1.97. The van der Waals surface area contributed by atoms with Crippen LogP contribution in [0.15, 0.2) is 59.7 Å². The highest BCUT2D eigenvalue weighted by molar-refractivity contribution is 5.80. The molecule has 3 nitrogen and oxygen atoms in total. The van der Waals surface area contributed by atoms with Crippen molar-refractivity contribution in [3.8, 4) is 0 Å². The van der Waals surface area contributed by atoms with Crippen LogP contribution in [-0.4, -0.2) is 13.3 Å². The number of hydrogen-bond acceptors (Lipinski definition) is 3. The molecule has 0 aromatic heterocycles. The molecule has 0 aliphatic rings. The summed E-state index contributed by atoms with van der Waals surface area (Å²) in [6.07, 6.45) is 1.81. The van der Waals surface area contributed by atoms with E-state index in [1.165, 1.54) is 5.56 Å². The highest BCUT2D eigenvalue weighted by Crippen LogP contribution is 2.10. The third kappa shape index (κ3) is 3.71. The molecule has 2 aromatic carbocycles. The average molecular weight is 239 g/mol. The number of hydrazone groups is 1. The van der Waals surface area contributed by atoms with E-state index in [2.05, 4.69) is 28.0 Å². The fraction of sp³-hybridized carbons (Fsp3) is 0.133. The molecule has 0 amide bonds. The first-order chi connectivity index (χ1) is 8.88. The molecule has 0 heterocycles. The van der Waals surface area contributed by atoms with E-state index in [-0.39, 0.29) is 0 Å². The van der Waals surface area contributed by atoms with Gasteiger partial charge >= 0.3 is 0 Å². The lowest BCUT2D eigenvalue weighted by Crippen LogP contribution is -2.05. The van der Waals surface area contributed by atoms with Gasteiger partial charge in [-0.15, -0.1) is 0 Å². The summed E-state index contributed by atoms with van der Waals surface area (Å²) in [6.45, 7) is 0.859. The molecule has 0 bridgehead atoms. The van der Waals surface area contributed by atoms with Gasteiger partial charge in [-0.05, 0) is 30.3 Å². The number of anilines is 1. The topological polar surface area (TPSA) is 36.4 Å². The van der Waals surface area contributed by atoms with Gasteiger partial charge in [0.1, 0.15) is 0 Å². The zero-order chi connectivity index (χ0) is 12.6. The van der Waals surface area contributed by atoms with E-state index < -0.39 is 0 Å². The van der Waals surface area contributed by atoms with Gasteiger partial charge < -0.3 is 5.32 Å². The maximum absolute atomic E-state index is 4.22. The molecule has 2 N–H and O–H groups in total. The lowest BCUT2D eigenvalue weighted by atomic mass is 10.2. The van der Waals surface area contributed by atoms with Crippen LogP contribution in [0.2, 0.25) is 0 Å². The van der Waals surface area contributed by atoms with Gasteiger partial charge in [-0.25, -0.2) is 0 Å². The number of nitrogens with zero attached hydrogens (tertiary/aromatic N) is 1. The maximum atomic E-state index is 4.22. The Labute approximate surface area is 108 Å². The second kappa shape index (κ2) is 6.57. The summed E-state index contributed by atoms with van der Waals surface area (Å²) in [5.41, 5.74) is 6.34. The van der Waals surface area contributed by atoms with Gasteiger partial charge in [-0.1, -0.05) is 42.5 Å². The summed E-state index contributed by atoms with van der Waals surface area (Å²) in [4.78, 5) is 0. The third-order valence-corrected chi connectivity index (χ3v) is 2.51. The molecular formula is C15H17N3. The minimum absolute atomic E-state index is 0.859. The van der Waals surface area contributed by atoms with Crippen molar-refractivity contribution < 1.29 is 0 Å². The van der Waals surface area contributed by atoms with Gasteiger partial charge in [-0.3, -0.25) is 5.43 Å². The number of rotatable bonds is 5. The quantitative estimate of drug-likeness (QED) is 0.622. The summed E-state index contributed by atoms with van der Waals surface area (Å²) in [5.74, 6) is 0. The zero-order valence-corrected chi connectivity index (χ0v) is 10.4. The molecule has 0 radical (unpaired) electrons. The van der Waals surface area contributed by atoms with E-state index in [0.717, 1.165) is 17.8 Å². The highest BCUT2D eigenvalue weighted by atomic mass is 15.3. The van der Waals surface area contributed by atoms with E-state index in [0.29, 0.717) is 0 Å². The Morgan fingerprint density at radius 2 is 1.89 bits per heavy atom. The van der Waals surface area contributed by atoms with Crippen LogP contribution in [0.1, 0.15) is 11.1 Å². The lowest BCUT2D eigenvalue weighted by molar-refractivity contribution is 0.818. The molecule has 0 atom stereocenters. The predicted octanol–water partition coefficient (Wildman–Crippen LogP) is 2.85. The van der Waals surface area contributed by atoms with Crippen molar-refractivity contribution in [1.29, 1.82) is 0 Å². The van der Waals surface area contributed by atoms with Crippen molar-refractivity contribution in [1.82, 2.24) is 5.32 Å². The minimum atomic E-state index is 0.859. The van der Waals surface area contributed by atoms with Crippen molar-refractivity contribution in [2.24, 2.45) is 5.10 Å². The van der Waals surface area contributed by atoms with E-state index >= 15 is 0 Å². The van der Waals surface area contributed by atoms with Gasteiger partial charge in [0.25, 0.3) is 0 Å². The molecular weight excluding hydrogens is 222 g/mol. The van der Waals surface area contributed by atoms with Gasteiger partial charge in [0.2, 0.25) is 0 Å². The molecule has 92 valence electrons. The Hall–Kier alpha value is -2.13. The van der Waals surface area contributed by atoms with Crippen LogP contribution < -0.4 is 10.7 Å². The molecule has 3 heteroatoms. The molecule has 0 unspecified atom stereocenters. The summed E-state index contributed by atoms with van der Waals surface area (Å²) < 4.78 is 0. The van der Waals surface area contributed by atoms with E-state index in [4.69, 9.17) is 0 Å². The molecule has 2 rings (SSSR count). The van der Waals surface area contributed by atoms with E-state index in [1.54, 1.807) is 0 Å². The third-order valence-electron chi connectivity index (χ3n) is 2.51. The first kappa shape index (κ1) is 12.3. The largest absolute Gasteiger partial charge is 0.316 e. The Morgan fingerprint density at radius 1 is 1.06 bits per heavy atom. The van der Waals surface area contributed by atoms with Gasteiger partial charge in [0, 0.05) is 6.54 Å². The molecule has 0 saturated carbocycles.